The second-order valence-electron chi connectivity index (χ2n) is 5.48. The molecule has 1 aliphatic rings. The van der Waals surface area contributed by atoms with Crippen molar-refractivity contribution in [2.24, 2.45) is 0 Å². The van der Waals surface area contributed by atoms with Crippen LogP contribution in [0.15, 0.2) is 24.3 Å². The number of methoxy groups -OCH3 is 1. The Morgan fingerprint density at radius 3 is 2.57 bits per heavy atom. The summed E-state index contributed by atoms with van der Waals surface area (Å²) in [7, 11) is 1.74. The molecule has 1 fully saturated rings. The summed E-state index contributed by atoms with van der Waals surface area (Å²) >= 11 is 0. The lowest BCUT2D eigenvalue weighted by atomic mass is 10.2. The average Bonchev–Trinajstić information content (AvgIpc) is 2.48. The van der Waals surface area contributed by atoms with Gasteiger partial charge in [0.05, 0.1) is 6.61 Å². The number of hydrogen-bond acceptors (Lipinski definition) is 4. The molecule has 0 aromatic heterocycles. The van der Waals surface area contributed by atoms with Crippen LogP contribution >= 0.6 is 0 Å². The first kappa shape index (κ1) is 16.2. The third-order valence-electron chi connectivity index (χ3n) is 3.92. The monoisotopic (exact) mass is 296 g/mol. The molecule has 1 aromatic carbocycles. The number of halogens is 1. The van der Waals surface area contributed by atoms with E-state index in [2.05, 4.69) is 16.7 Å². The molecule has 1 heterocycles. The second-order valence-corrected chi connectivity index (χ2v) is 5.48. The molecule has 1 aromatic rings. The number of rotatable bonds is 7. The molecule has 21 heavy (non-hydrogen) atoms. The van der Waals surface area contributed by atoms with Gasteiger partial charge in [-0.3, -0.25) is 9.80 Å². The Hall–Kier alpha value is -1.17. The molecular weight excluding hydrogens is 271 g/mol. The van der Waals surface area contributed by atoms with Crippen LogP contribution in [0.1, 0.15) is 6.92 Å². The Balaban J connectivity index is 1.67. The lowest BCUT2D eigenvalue weighted by Gasteiger charge is -2.39. The first-order valence-corrected chi connectivity index (χ1v) is 7.53. The van der Waals surface area contributed by atoms with Crippen molar-refractivity contribution in [3.05, 3.63) is 30.1 Å². The Bertz CT molecular complexity index is 413. The van der Waals surface area contributed by atoms with Crippen molar-refractivity contribution in [3.63, 3.8) is 0 Å². The minimum atomic E-state index is -0.233. The third-order valence-corrected chi connectivity index (χ3v) is 3.92. The molecule has 0 saturated carbocycles. The van der Waals surface area contributed by atoms with Crippen LogP contribution in [-0.2, 0) is 4.74 Å². The maximum atomic E-state index is 12.8. The van der Waals surface area contributed by atoms with E-state index < -0.39 is 0 Å². The topological polar surface area (TPSA) is 24.9 Å². The van der Waals surface area contributed by atoms with Gasteiger partial charge in [0.25, 0.3) is 0 Å². The molecule has 0 radical (unpaired) electrons. The third kappa shape index (κ3) is 5.26. The highest BCUT2D eigenvalue weighted by Gasteiger charge is 2.22. The van der Waals surface area contributed by atoms with Crippen LogP contribution in [0.5, 0.6) is 5.75 Å². The summed E-state index contributed by atoms with van der Waals surface area (Å²) in [6.07, 6.45) is 0. The van der Waals surface area contributed by atoms with Crippen molar-refractivity contribution in [1.29, 1.82) is 0 Å². The number of nitrogens with zero attached hydrogens (tertiary/aromatic N) is 2. The molecule has 5 heteroatoms. The summed E-state index contributed by atoms with van der Waals surface area (Å²) in [6.45, 7) is 8.76. The lowest BCUT2D eigenvalue weighted by molar-refractivity contribution is 0.0531. The van der Waals surface area contributed by atoms with Crippen molar-refractivity contribution in [3.8, 4) is 5.75 Å². The van der Waals surface area contributed by atoms with Crippen molar-refractivity contribution >= 4 is 0 Å². The van der Waals surface area contributed by atoms with Gasteiger partial charge in [-0.05, 0) is 31.2 Å². The van der Waals surface area contributed by atoms with Crippen LogP contribution < -0.4 is 4.74 Å². The molecule has 0 bridgehead atoms. The van der Waals surface area contributed by atoms with Gasteiger partial charge in [-0.25, -0.2) is 4.39 Å². The summed E-state index contributed by atoms with van der Waals surface area (Å²) in [6, 6.07) is 6.72. The van der Waals surface area contributed by atoms with Crippen LogP contribution in [0, 0.1) is 5.82 Å². The quantitative estimate of drug-likeness (QED) is 0.767. The maximum absolute atomic E-state index is 12.8. The summed E-state index contributed by atoms with van der Waals surface area (Å²) < 4.78 is 23.6. The Labute approximate surface area is 126 Å². The van der Waals surface area contributed by atoms with Gasteiger partial charge in [-0.1, -0.05) is 0 Å². The fourth-order valence-corrected chi connectivity index (χ4v) is 2.64. The molecule has 0 spiro atoms. The summed E-state index contributed by atoms with van der Waals surface area (Å²) in [5, 5.41) is 0. The zero-order valence-electron chi connectivity index (χ0n) is 12.9. The van der Waals surface area contributed by atoms with Gasteiger partial charge in [0, 0.05) is 45.9 Å². The van der Waals surface area contributed by atoms with E-state index >= 15 is 0 Å². The highest BCUT2D eigenvalue weighted by atomic mass is 19.1. The van der Waals surface area contributed by atoms with Crippen LogP contribution in [0.25, 0.3) is 0 Å². The van der Waals surface area contributed by atoms with Crippen LogP contribution in [0.4, 0.5) is 4.39 Å². The van der Waals surface area contributed by atoms with E-state index in [4.69, 9.17) is 9.47 Å². The summed E-state index contributed by atoms with van der Waals surface area (Å²) in [5.74, 6) is 0.492. The zero-order chi connectivity index (χ0) is 15.1. The standard InChI is InChI=1S/C16H25FN2O2/c1-14-13-18(7-8-19(14)10-11-20-2)9-12-21-16-5-3-15(17)4-6-16/h3-6,14H,7-13H2,1-2H3. The molecule has 1 saturated heterocycles. The average molecular weight is 296 g/mol. The molecule has 0 aliphatic carbocycles. The zero-order valence-corrected chi connectivity index (χ0v) is 12.9. The highest BCUT2D eigenvalue weighted by molar-refractivity contribution is 5.21. The van der Waals surface area contributed by atoms with Crippen LogP contribution in [0.3, 0.4) is 0 Å². The first-order valence-electron chi connectivity index (χ1n) is 7.53. The number of piperazine rings is 1. The minimum Gasteiger partial charge on any atom is -0.492 e. The Morgan fingerprint density at radius 2 is 1.90 bits per heavy atom. The summed E-state index contributed by atoms with van der Waals surface area (Å²) in [4.78, 5) is 4.87. The molecule has 118 valence electrons. The first-order chi connectivity index (χ1) is 10.2. The predicted molar refractivity (Wildman–Crippen MR) is 81.2 cm³/mol. The van der Waals surface area contributed by atoms with E-state index in [-0.39, 0.29) is 5.82 Å². The van der Waals surface area contributed by atoms with Gasteiger partial charge in [0.1, 0.15) is 18.2 Å². The van der Waals surface area contributed by atoms with E-state index in [9.17, 15) is 4.39 Å². The Kier molecular flexibility index (Phi) is 6.42. The van der Waals surface area contributed by atoms with Gasteiger partial charge in [0.15, 0.2) is 0 Å². The minimum absolute atomic E-state index is 0.233. The lowest BCUT2D eigenvalue weighted by Crippen LogP contribution is -2.53. The van der Waals surface area contributed by atoms with Gasteiger partial charge < -0.3 is 9.47 Å². The largest absolute Gasteiger partial charge is 0.492 e. The van der Waals surface area contributed by atoms with E-state index in [1.165, 1.54) is 12.1 Å². The SMILES string of the molecule is COCCN1CCN(CCOc2ccc(F)cc2)CC1C. The molecule has 0 amide bonds. The molecule has 1 unspecified atom stereocenters. The van der Waals surface area contributed by atoms with Crippen LogP contribution in [-0.4, -0.2) is 68.9 Å². The van der Waals surface area contributed by atoms with Crippen LogP contribution in [0.2, 0.25) is 0 Å². The van der Waals surface area contributed by atoms with Gasteiger partial charge in [-0.15, -0.1) is 0 Å². The highest BCUT2D eigenvalue weighted by Crippen LogP contribution is 2.12. The Morgan fingerprint density at radius 1 is 1.14 bits per heavy atom. The van der Waals surface area contributed by atoms with Crippen molar-refractivity contribution in [2.75, 3.05) is 53.0 Å². The van der Waals surface area contributed by atoms with E-state index in [0.29, 0.717) is 12.6 Å². The molecule has 4 nitrogen and oxygen atoms in total. The number of hydrogen-bond donors (Lipinski definition) is 0. The van der Waals surface area contributed by atoms with Crippen molar-refractivity contribution in [2.45, 2.75) is 13.0 Å². The molecule has 1 atom stereocenters. The molecule has 2 rings (SSSR count). The summed E-state index contributed by atoms with van der Waals surface area (Å²) in [5.41, 5.74) is 0. The fraction of sp³-hybridized carbons (Fsp3) is 0.625. The van der Waals surface area contributed by atoms with Gasteiger partial charge in [-0.2, -0.15) is 0 Å². The molecule has 1 aliphatic heterocycles. The molecular formula is C16H25FN2O2. The van der Waals surface area contributed by atoms with E-state index in [1.54, 1.807) is 19.2 Å². The smallest absolute Gasteiger partial charge is 0.123 e. The predicted octanol–water partition coefficient (Wildman–Crippen LogP) is 1.86. The maximum Gasteiger partial charge on any atom is 0.123 e. The molecule has 0 N–H and O–H groups in total. The number of ether oxygens (including phenoxy) is 2. The van der Waals surface area contributed by atoms with Crippen molar-refractivity contribution in [1.82, 2.24) is 9.80 Å². The van der Waals surface area contributed by atoms with E-state index in [0.717, 1.165) is 45.1 Å². The fourth-order valence-electron chi connectivity index (χ4n) is 2.64. The number of benzene rings is 1. The van der Waals surface area contributed by atoms with Gasteiger partial charge in [0.2, 0.25) is 0 Å². The van der Waals surface area contributed by atoms with E-state index in [1.807, 2.05) is 0 Å². The van der Waals surface area contributed by atoms with Gasteiger partial charge >= 0.3 is 0 Å². The second kappa shape index (κ2) is 8.32. The normalized spacial score (nSPS) is 20.6. The van der Waals surface area contributed by atoms with Crippen molar-refractivity contribution < 1.29 is 13.9 Å².